The van der Waals surface area contributed by atoms with Crippen molar-refractivity contribution in [3.8, 4) is 22.4 Å². The third-order valence-electron chi connectivity index (χ3n) is 6.10. The summed E-state index contributed by atoms with van der Waals surface area (Å²) in [5.41, 5.74) is 1.59. The highest BCUT2D eigenvalue weighted by molar-refractivity contribution is 6.30. The second-order valence-corrected chi connectivity index (χ2v) is 9.09. The fourth-order valence-corrected chi connectivity index (χ4v) is 4.36. The molecular weight excluding hydrogens is 514 g/mol. The molecule has 0 atom stereocenters. The van der Waals surface area contributed by atoms with Crippen LogP contribution < -0.4 is 0 Å². The van der Waals surface area contributed by atoms with E-state index in [9.17, 15) is 26.3 Å². The Bertz CT molecular complexity index is 1480. The van der Waals surface area contributed by atoms with Gasteiger partial charge in [0.1, 0.15) is 0 Å². The lowest BCUT2D eigenvalue weighted by molar-refractivity contribution is -0.141. The van der Waals surface area contributed by atoms with Gasteiger partial charge in [-0.1, -0.05) is 60.2 Å². The molecule has 0 aliphatic rings. The highest BCUT2D eigenvalue weighted by atomic mass is 35.5. The van der Waals surface area contributed by atoms with Crippen LogP contribution >= 0.6 is 11.6 Å². The molecule has 0 spiro atoms. The molecule has 0 amide bonds. The van der Waals surface area contributed by atoms with Crippen LogP contribution in [0.4, 0.5) is 26.3 Å². The summed E-state index contributed by atoms with van der Waals surface area (Å²) in [7, 11) is 1.39. The molecule has 0 aliphatic heterocycles. The van der Waals surface area contributed by atoms with Crippen LogP contribution in [-0.4, -0.2) is 9.78 Å². The Hall–Kier alpha value is -3.52. The van der Waals surface area contributed by atoms with Crippen LogP contribution in [0.25, 0.3) is 34.5 Å². The van der Waals surface area contributed by atoms with Gasteiger partial charge in [0.15, 0.2) is 5.69 Å². The molecule has 3 aromatic carbocycles. The van der Waals surface area contributed by atoms with Crippen molar-refractivity contribution in [2.45, 2.75) is 26.2 Å². The maximum atomic E-state index is 13.7. The number of hydrogen-bond acceptors (Lipinski definition) is 1. The minimum Gasteiger partial charge on any atom is -0.267 e. The van der Waals surface area contributed by atoms with E-state index in [-0.39, 0.29) is 11.3 Å². The third kappa shape index (κ3) is 5.59. The molecule has 0 radical (unpaired) electrons. The smallest absolute Gasteiger partial charge is 0.267 e. The van der Waals surface area contributed by atoms with E-state index in [1.807, 2.05) is 0 Å². The third-order valence-corrected chi connectivity index (χ3v) is 6.35. The van der Waals surface area contributed by atoms with Gasteiger partial charge in [-0.25, -0.2) is 0 Å². The topological polar surface area (TPSA) is 17.8 Å². The van der Waals surface area contributed by atoms with E-state index in [1.54, 1.807) is 61.5 Å². The zero-order valence-corrected chi connectivity index (χ0v) is 20.7. The van der Waals surface area contributed by atoms with Gasteiger partial charge in [-0.3, -0.25) is 4.68 Å². The maximum absolute atomic E-state index is 13.7. The average Bonchev–Trinajstić information content (AvgIpc) is 3.20. The number of hydrogen-bond donors (Lipinski definition) is 0. The van der Waals surface area contributed by atoms with Crippen molar-refractivity contribution < 1.29 is 26.3 Å². The zero-order valence-electron chi connectivity index (χ0n) is 20.0. The van der Waals surface area contributed by atoms with Crippen LogP contribution in [0.2, 0.25) is 5.02 Å². The van der Waals surface area contributed by atoms with Crippen LogP contribution in [-0.2, 0) is 19.4 Å². The summed E-state index contributed by atoms with van der Waals surface area (Å²) in [6, 6.07) is 15.3. The highest BCUT2D eigenvalue weighted by Gasteiger charge is 2.35. The molecule has 2 nitrogen and oxygen atoms in total. The molecule has 0 aliphatic carbocycles. The van der Waals surface area contributed by atoms with Crippen LogP contribution in [0.5, 0.6) is 0 Å². The Morgan fingerprint density at radius 1 is 0.811 bits per heavy atom. The van der Waals surface area contributed by atoms with Crippen LogP contribution in [0, 0.1) is 13.8 Å². The SMILES string of the molecule is Cc1ccc(-c2c(/C=C/c3ccc(Cl)cc3)ccc(-c3cc(C(F)(F)F)nn3C)c2C)cc1C(F)(F)F. The van der Waals surface area contributed by atoms with Gasteiger partial charge in [0, 0.05) is 17.6 Å². The van der Waals surface area contributed by atoms with Gasteiger partial charge in [-0.05, 0) is 71.5 Å². The first-order valence-electron chi connectivity index (χ1n) is 11.1. The van der Waals surface area contributed by atoms with E-state index < -0.39 is 23.6 Å². The molecule has 0 N–H and O–H groups in total. The number of rotatable bonds is 4. The predicted molar refractivity (Wildman–Crippen MR) is 134 cm³/mol. The van der Waals surface area contributed by atoms with Crippen LogP contribution in [0.15, 0.2) is 60.7 Å². The molecule has 0 saturated heterocycles. The molecule has 0 fully saturated rings. The van der Waals surface area contributed by atoms with Gasteiger partial charge in [-0.2, -0.15) is 31.4 Å². The van der Waals surface area contributed by atoms with E-state index in [1.165, 1.54) is 20.0 Å². The second kappa shape index (κ2) is 9.74. The number of aryl methyl sites for hydroxylation is 2. The summed E-state index contributed by atoms with van der Waals surface area (Å²) < 4.78 is 82.1. The van der Waals surface area contributed by atoms with Crippen molar-refractivity contribution in [2.24, 2.45) is 7.05 Å². The molecule has 4 aromatic rings. The fourth-order valence-electron chi connectivity index (χ4n) is 4.23. The van der Waals surface area contributed by atoms with Gasteiger partial charge in [-0.15, -0.1) is 0 Å². The highest BCUT2D eigenvalue weighted by Crippen LogP contribution is 2.40. The van der Waals surface area contributed by atoms with Gasteiger partial charge < -0.3 is 0 Å². The van der Waals surface area contributed by atoms with E-state index in [0.717, 1.165) is 22.4 Å². The lowest BCUT2D eigenvalue weighted by Crippen LogP contribution is -2.08. The van der Waals surface area contributed by atoms with Gasteiger partial charge in [0.25, 0.3) is 0 Å². The van der Waals surface area contributed by atoms with Crippen molar-refractivity contribution in [2.75, 3.05) is 0 Å². The summed E-state index contributed by atoms with van der Waals surface area (Å²) in [5, 5.41) is 4.15. The molecular formula is C28H21ClF6N2. The fraction of sp³-hybridized carbons (Fsp3) is 0.179. The summed E-state index contributed by atoms with van der Waals surface area (Å²) in [6.45, 7) is 3.06. The van der Waals surface area contributed by atoms with Crippen molar-refractivity contribution in [3.63, 3.8) is 0 Å². The summed E-state index contributed by atoms with van der Waals surface area (Å²) in [5.74, 6) is 0. The minimum atomic E-state index is -4.63. The Balaban J connectivity index is 1.94. The Labute approximate surface area is 214 Å². The lowest BCUT2D eigenvalue weighted by Gasteiger charge is -2.18. The molecule has 4 rings (SSSR count). The number of aromatic nitrogens is 2. The molecule has 37 heavy (non-hydrogen) atoms. The van der Waals surface area contributed by atoms with Crippen LogP contribution in [0.1, 0.15) is 33.5 Å². The summed E-state index contributed by atoms with van der Waals surface area (Å²) in [4.78, 5) is 0. The monoisotopic (exact) mass is 534 g/mol. The standard InChI is InChI=1S/C28H21ClF6N2/c1-16-4-8-20(14-23(16)27(30,31)32)26-17(2)22(24-15-25(28(33,34)35)36-37(24)3)13-10-19(26)9-5-18-6-11-21(29)12-7-18/h4-15H,1-3H3/b9-5+. The zero-order chi connectivity index (χ0) is 27.1. The van der Waals surface area contributed by atoms with Gasteiger partial charge in [0.2, 0.25) is 0 Å². The molecule has 1 aromatic heterocycles. The maximum Gasteiger partial charge on any atom is 0.435 e. The van der Waals surface area contributed by atoms with Crippen molar-refractivity contribution >= 4 is 23.8 Å². The Morgan fingerprint density at radius 3 is 2.08 bits per heavy atom. The predicted octanol–water partition coefficient (Wildman–Crippen LogP) is 9.23. The van der Waals surface area contributed by atoms with Crippen molar-refractivity contribution in [1.82, 2.24) is 9.78 Å². The van der Waals surface area contributed by atoms with Crippen LogP contribution in [0.3, 0.4) is 0 Å². The van der Waals surface area contributed by atoms with E-state index in [2.05, 4.69) is 5.10 Å². The summed E-state index contributed by atoms with van der Waals surface area (Å²) >= 11 is 5.94. The van der Waals surface area contributed by atoms with Crippen molar-refractivity contribution in [1.29, 1.82) is 0 Å². The lowest BCUT2D eigenvalue weighted by atomic mass is 9.88. The molecule has 9 heteroatoms. The first-order chi connectivity index (χ1) is 17.3. The molecule has 192 valence electrons. The number of nitrogens with zero attached hydrogens (tertiary/aromatic N) is 2. The number of alkyl halides is 6. The second-order valence-electron chi connectivity index (χ2n) is 8.65. The first-order valence-corrected chi connectivity index (χ1v) is 11.5. The quantitative estimate of drug-likeness (QED) is 0.188. The van der Waals surface area contributed by atoms with Crippen molar-refractivity contribution in [3.05, 3.63) is 99.2 Å². The Kier molecular flexibility index (Phi) is 6.99. The average molecular weight is 535 g/mol. The van der Waals surface area contributed by atoms with E-state index >= 15 is 0 Å². The molecule has 1 heterocycles. The Morgan fingerprint density at radius 2 is 1.49 bits per heavy atom. The number of halogens is 7. The normalized spacial score (nSPS) is 12.5. The first kappa shape index (κ1) is 26.5. The van der Waals surface area contributed by atoms with E-state index in [0.29, 0.717) is 32.8 Å². The molecule has 0 saturated carbocycles. The largest absolute Gasteiger partial charge is 0.435 e. The summed E-state index contributed by atoms with van der Waals surface area (Å²) in [6.07, 6.45) is -5.65. The minimum absolute atomic E-state index is 0.0739. The van der Waals surface area contributed by atoms with E-state index in [4.69, 9.17) is 11.6 Å². The van der Waals surface area contributed by atoms with Gasteiger partial charge in [0.05, 0.1) is 11.3 Å². The molecule has 0 unspecified atom stereocenters. The number of benzene rings is 3. The van der Waals surface area contributed by atoms with Gasteiger partial charge >= 0.3 is 12.4 Å². The molecule has 0 bridgehead atoms.